The molecule has 0 bridgehead atoms. The monoisotopic (exact) mass is 188 g/mol. The Morgan fingerprint density at radius 2 is 2.00 bits per heavy atom. The van der Waals surface area contributed by atoms with E-state index in [1.807, 2.05) is 18.2 Å². The van der Waals surface area contributed by atoms with Crippen LogP contribution in [0.15, 0.2) is 49.3 Å². The second-order valence-corrected chi connectivity index (χ2v) is 3.47. The van der Waals surface area contributed by atoms with Crippen LogP contribution in [0.3, 0.4) is 0 Å². The fourth-order valence-electron chi connectivity index (χ4n) is 1.23. The Morgan fingerprint density at radius 1 is 1.36 bits per heavy atom. The van der Waals surface area contributed by atoms with Crippen molar-refractivity contribution in [1.82, 2.24) is 0 Å². The van der Waals surface area contributed by atoms with Gasteiger partial charge in [-0.05, 0) is 23.6 Å². The number of allylic oxidation sites excluding steroid dienone is 1. The highest BCUT2D eigenvalue weighted by molar-refractivity contribution is 5.37. The van der Waals surface area contributed by atoms with Crippen molar-refractivity contribution >= 4 is 0 Å². The van der Waals surface area contributed by atoms with Crippen molar-refractivity contribution in [3.8, 4) is 5.75 Å². The van der Waals surface area contributed by atoms with Gasteiger partial charge in [-0.3, -0.25) is 0 Å². The molecule has 0 radical (unpaired) electrons. The Bertz CT molecular complexity index is 337. The van der Waals surface area contributed by atoms with Crippen molar-refractivity contribution < 1.29 is 4.74 Å². The SMILES string of the molecule is C=CC(=C)Oc1ccccc1C(C)C. The first-order valence-electron chi connectivity index (χ1n) is 4.73. The molecule has 1 heteroatoms. The molecule has 0 heterocycles. The van der Waals surface area contributed by atoms with Crippen LogP contribution in [0.2, 0.25) is 0 Å². The van der Waals surface area contributed by atoms with Gasteiger partial charge in [0.2, 0.25) is 0 Å². The lowest BCUT2D eigenvalue weighted by Crippen LogP contribution is -1.96. The average Bonchev–Trinajstić information content (AvgIpc) is 2.18. The van der Waals surface area contributed by atoms with Gasteiger partial charge >= 0.3 is 0 Å². The standard InChI is InChI=1S/C13H16O/c1-5-11(4)14-13-9-7-6-8-12(13)10(2)3/h5-10H,1,4H2,2-3H3. The van der Waals surface area contributed by atoms with Gasteiger partial charge in [-0.15, -0.1) is 0 Å². The lowest BCUT2D eigenvalue weighted by atomic mass is 10.0. The third-order valence-corrected chi connectivity index (χ3v) is 2.01. The third-order valence-electron chi connectivity index (χ3n) is 2.01. The van der Waals surface area contributed by atoms with Crippen LogP contribution in [0.1, 0.15) is 25.3 Å². The molecule has 0 spiro atoms. The second kappa shape index (κ2) is 4.66. The molecular weight excluding hydrogens is 172 g/mol. The molecular formula is C13H16O. The highest BCUT2D eigenvalue weighted by Gasteiger charge is 2.06. The predicted molar refractivity (Wildman–Crippen MR) is 60.5 cm³/mol. The van der Waals surface area contributed by atoms with Gasteiger partial charge in [0.15, 0.2) is 0 Å². The molecule has 0 atom stereocenters. The van der Waals surface area contributed by atoms with Crippen molar-refractivity contribution in [1.29, 1.82) is 0 Å². The average molecular weight is 188 g/mol. The molecule has 0 unspecified atom stereocenters. The lowest BCUT2D eigenvalue weighted by Gasteiger charge is -2.13. The Kier molecular flexibility index (Phi) is 3.52. The van der Waals surface area contributed by atoms with Crippen molar-refractivity contribution in [2.45, 2.75) is 19.8 Å². The number of ether oxygens (including phenoxy) is 1. The smallest absolute Gasteiger partial charge is 0.130 e. The number of benzene rings is 1. The molecule has 0 aliphatic carbocycles. The van der Waals surface area contributed by atoms with E-state index in [0.717, 1.165) is 5.75 Å². The molecule has 1 nitrogen and oxygen atoms in total. The maximum Gasteiger partial charge on any atom is 0.130 e. The molecule has 0 N–H and O–H groups in total. The first-order chi connectivity index (χ1) is 6.65. The molecule has 14 heavy (non-hydrogen) atoms. The molecule has 1 rings (SSSR count). The Hall–Kier alpha value is -1.50. The largest absolute Gasteiger partial charge is 0.458 e. The van der Waals surface area contributed by atoms with Gasteiger partial charge in [-0.1, -0.05) is 45.2 Å². The topological polar surface area (TPSA) is 9.23 Å². The van der Waals surface area contributed by atoms with E-state index in [1.54, 1.807) is 6.08 Å². The maximum atomic E-state index is 5.54. The summed E-state index contributed by atoms with van der Waals surface area (Å²) in [6, 6.07) is 7.98. The summed E-state index contributed by atoms with van der Waals surface area (Å²) in [4.78, 5) is 0. The van der Waals surface area contributed by atoms with Gasteiger partial charge in [0.05, 0.1) is 0 Å². The van der Waals surface area contributed by atoms with E-state index in [1.165, 1.54) is 5.56 Å². The van der Waals surface area contributed by atoms with E-state index in [0.29, 0.717) is 11.7 Å². The minimum Gasteiger partial charge on any atom is -0.458 e. The number of rotatable bonds is 4. The van der Waals surface area contributed by atoms with Crippen LogP contribution in [-0.4, -0.2) is 0 Å². The van der Waals surface area contributed by atoms with Crippen LogP contribution in [-0.2, 0) is 0 Å². The zero-order valence-electron chi connectivity index (χ0n) is 8.79. The molecule has 0 aliphatic rings. The van der Waals surface area contributed by atoms with Crippen LogP contribution in [0.5, 0.6) is 5.75 Å². The van der Waals surface area contributed by atoms with Crippen LogP contribution in [0.4, 0.5) is 0 Å². The maximum absolute atomic E-state index is 5.54. The Balaban J connectivity index is 2.95. The van der Waals surface area contributed by atoms with E-state index >= 15 is 0 Å². The van der Waals surface area contributed by atoms with E-state index in [9.17, 15) is 0 Å². The van der Waals surface area contributed by atoms with E-state index < -0.39 is 0 Å². The van der Waals surface area contributed by atoms with Crippen molar-refractivity contribution in [3.05, 3.63) is 54.8 Å². The highest BCUT2D eigenvalue weighted by atomic mass is 16.5. The van der Waals surface area contributed by atoms with Crippen LogP contribution in [0.25, 0.3) is 0 Å². The molecule has 0 amide bonds. The molecule has 0 saturated carbocycles. The van der Waals surface area contributed by atoms with Crippen LogP contribution in [0, 0.1) is 0 Å². The first kappa shape index (κ1) is 10.6. The molecule has 1 aromatic carbocycles. The van der Waals surface area contributed by atoms with Crippen molar-refractivity contribution in [2.75, 3.05) is 0 Å². The molecule has 0 aromatic heterocycles. The molecule has 1 aromatic rings. The summed E-state index contributed by atoms with van der Waals surface area (Å²) in [5, 5.41) is 0. The molecule has 0 saturated heterocycles. The lowest BCUT2D eigenvalue weighted by molar-refractivity contribution is 0.439. The second-order valence-electron chi connectivity index (χ2n) is 3.47. The summed E-state index contributed by atoms with van der Waals surface area (Å²) in [6.07, 6.45) is 1.61. The first-order valence-corrected chi connectivity index (χ1v) is 4.73. The van der Waals surface area contributed by atoms with Gasteiger partial charge in [-0.2, -0.15) is 0 Å². The van der Waals surface area contributed by atoms with Crippen molar-refractivity contribution in [3.63, 3.8) is 0 Å². The highest BCUT2D eigenvalue weighted by Crippen LogP contribution is 2.27. The Morgan fingerprint density at radius 3 is 2.57 bits per heavy atom. The number of hydrogen-bond acceptors (Lipinski definition) is 1. The summed E-state index contributed by atoms with van der Waals surface area (Å²) < 4.78 is 5.54. The number of hydrogen-bond donors (Lipinski definition) is 0. The molecule has 0 aliphatic heterocycles. The number of para-hydroxylation sites is 1. The summed E-state index contributed by atoms with van der Waals surface area (Å²) in [6.45, 7) is 11.6. The summed E-state index contributed by atoms with van der Waals surface area (Å²) in [7, 11) is 0. The van der Waals surface area contributed by atoms with E-state index in [2.05, 4.69) is 33.1 Å². The Labute approximate surface area is 85.7 Å². The van der Waals surface area contributed by atoms with Gasteiger partial charge in [-0.25, -0.2) is 0 Å². The van der Waals surface area contributed by atoms with Gasteiger partial charge < -0.3 is 4.74 Å². The fraction of sp³-hybridized carbons (Fsp3) is 0.231. The zero-order valence-corrected chi connectivity index (χ0v) is 8.79. The van der Waals surface area contributed by atoms with Crippen molar-refractivity contribution in [2.24, 2.45) is 0 Å². The summed E-state index contributed by atoms with van der Waals surface area (Å²) in [5.41, 5.74) is 1.19. The molecule has 74 valence electrons. The fourth-order valence-corrected chi connectivity index (χ4v) is 1.23. The summed E-state index contributed by atoms with van der Waals surface area (Å²) >= 11 is 0. The van der Waals surface area contributed by atoms with Crippen LogP contribution < -0.4 is 4.74 Å². The zero-order chi connectivity index (χ0) is 10.6. The van der Waals surface area contributed by atoms with E-state index in [-0.39, 0.29) is 0 Å². The van der Waals surface area contributed by atoms with Gasteiger partial charge in [0.25, 0.3) is 0 Å². The molecule has 0 fully saturated rings. The minimum absolute atomic E-state index is 0.448. The third kappa shape index (κ3) is 2.49. The predicted octanol–water partition coefficient (Wildman–Crippen LogP) is 3.89. The van der Waals surface area contributed by atoms with Gasteiger partial charge in [0, 0.05) is 0 Å². The quantitative estimate of drug-likeness (QED) is 0.514. The normalized spacial score (nSPS) is 9.93. The van der Waals surface area contributed by atoms with E-state index in [4.69, 9.17) is 4.74 Å². The summed E-state index contributed by atoms with van der Waals surface area (Å²) in [5.74, 6) is 1.90. The minimum atomic E-state index is 0.448. The van der Waals surface area contributed by atoms with Crippen LogP contribution >= 0.6 is 0 Å². The van der Waals surface area contributed by atoms with Gasteiger partial charge in [0.1, 0.15) is 11.5 Å².